The van der Waals surface area contributed by atoms with Gasteiger partial charge in [0.25, 0.3) is 5.91 Å². The van der Waals surface area contributed by atoms with Crippen LogP contribution in [0.3, 0.4) is 0 Å². The van der Waals surface area contributed by atoms with Gasteiger partial charge in [0.05, 0.1) is 46.7 Å². The predicted octanol–water partition coefficient (Wildman–Crippen LogP) is 2.26. The molecule has 9 nitrogen and oxygen atoms in total. The number of carbonyl (C=O) groups excluding carboxylic acids is 2. The van der Waals surface area contributed by atoms with E-state index in [-0.39, 0.29) is 23.9 Å². The summed E-state index contributed by atoms with van der Waals surface area (Å²) in [4.78, 5) is 29.0. The summed E-state index contributed by atoms with van der Waals surface area (Å²) in [7, 11) is 6.01. The van der Waals surface area contributed by atoms with Crippen LogP contribution in [0.2, 0.25) is 0 Å². The average Bonchev–Trinajstić information content (AvgIpc) is 2.83. The van der Waals surface area contributed by atoms with Crippen molar-refractivity contribution in [2.45, 2.75) is 0 Å². The Hall–Kier alpha value is -3.46. The molecule has 0 atom stereocenters. The van der Waals surface area contributed by atoms with Gasteiger partial charge in [0, 0.05) is 43.6 Å². The van der Waals surface area contributed by atoms with Gasteiger partial charge in [-0.25, -0.2) is 0 Å². The zero-order valence-electron chi connectivity index (χ0n) is 18.8. The number of nitrogens with one attached hydrogen (secondary N) is 1. The fourth-order valence-corrected chi connectivity index (χ4v) is 3.47. The van der Waals surface area contributed by atoms with Crippen molar-refractivity contribution in [3.63, 3.8) is 0 Å². The maximum absolute atomic E-state index is 13.0. The Morgan fingerprint density at radius 3 is 2.16 bits per heavy atom. The lowest BCUT2D eigenvalue weighted by Gasteiger charge is -2.28. The Balaban J connectivity index is 1.63. The maximum Gasteiger partial charge on any atom is 0.257 e. The molecule has 0 aliphatic carbocycles. The predicted molar refractivity (Wildman–Crippen MR) is 121 cm³/mol. The molecule has 32 heavy (non-hydrogen) atoms. The first-order chi connectivity index (χ1) is 15.5. The third-order valence-corrected chi connectivity index (χ3v) is 5.19. The van der Waals surface area contributed by atoms with Crippen molar-refractivity contribution >= 4 is 23.2 Å². The van der Waals surface area contributed by atoms with E-state index in [0.717, 1.165) is 18.8 Å². The van der Waals surface area contributed by atoms with Gasteiger partial charge >= 0.3 is 0 Å². The number of hydrogen-bond donors (Lipinski definition) is 1. The quantitative estimate of drug-likeness (QED) is 0.669. The van der Waals surface area contributed by atoms with Gasteiger partial charge in [-0.05, 0) is 24.3 Å². The number of benzene rings is 2. The average molecular weight is 444 g/mol. The fourth-order valence-electron chi connectivity index (χ4n) is 3.47. The van der Waals surface area contributed by atoms with Gasteiger partial charge < -0.3 is 34.1 Å². The number of morpholine rings is 1. The molecule has 0 spiro atoms. The summed E-state index contributed by atoms with van der Waals surface area (Å²) >= 11 is 0. The van der Waals surface area contributed by atoms with Crippen LogP contribution in [-0.2, 0) is 9.53 Å². The molecule has 2 aromatic rings. The molecule has 9 heteroatoms. The highest BCUT2D eigenvalue weighted by Gasteiger charge is 2.22. The van der Waals surface area contributed by atoms with Crippen LogP contribution in [0.25, 0.3) is 0 Å². The third kappa shape index (κ3) is 5.42. The summed E-state index contributed by atoms with van der Waals surface area (Å²) in [5, 5.41) is 2.83. The van der Waals surface area contributed by atoms with E-state index in [0.29, 0.717) is 36.1 Å². The highest BCUT2D eigenvalue weighted by atomic mass is 16.5. The molecule has 1 aliphatic rings. The molecule has 1 aliphatic heterocycles. The molecule has 0 radical (unpaired) electrons. The number of rotatable bonds is 8. The molecular formula is C23H29N3O6. The second kappa shape index (κ2) is 10.7. The zero-order valence-corrected chi connectivity index (χ0v) is 18.8. The minimum atomic E-state index is -0.374. The molecule has 1 N–H and O–H groups in total. The Morgan fingerprint density at radius 1 is 0.969 bits per heavy atom. The molecule has 2 amide bonds. The van der Waals surface area contributed by atoms with Gasteiger partial charge in [-0.1, -0.05) is 0 Å². The van der Waals surface area contributed by atoms with Gasteiger partial charge in [0.2, 0.25) is 5.91 Å². The molecule has 0 bridgehead atoms. The van der Waals surface area contributed by atoms with Crippen molar-refractivity contribution in [2.75, 3.05) is 71.4 Å². The number of anilines is 2. The molecule has 2 aromatic carbocycles. The number of ether oxygens (including phenoxy) is 4. The van der Waals surface area contributed by atoms with Gasteiger partial charge in [0.1, 0.15) is 5.75 Å². The molecule has 0 unspecified atom stereocenters. The number of nitrogens with zero attached hydrogens (tertiary/aromatic N) is 2. The second-order valence-electron chi connectivity index (χ2n) is 7.26. The van der Waals surface area contributed by atoms with Crippen LogP contribution in [0, 0.1) is 0 Å². The van der Waals surface area contributed by atoms with E-state index in [9.17, 15) is 9.59 Å². The molecular weight excluding hydrogens is 414 g/mol. The van der Waals surface area contributed by atoms with Crippen molar-refractivity contribution in [3.8, 4) is 17.2 Å². The van der Waals surface area contributed by atoms with E-state index in [2.05, 4.69) is 10.2 Å². The first-order valence-corrected chi connectivity index (χ1v) is 10.2. The van der Waals surface area contributed by atoms with Crippen molar-refractivity contribution in [1.29, 1.82) is 0 Å². The number of methoxy groups -OCH3 is 3. The van der Waals surface area contributed by atoms with Gasteiger partial charge in [-0.2, -0.15) is 0 Å². The second-order valence-corrected chi connectivity index (χ2v) is 7.26. The fraction of sp³-hybridized carbons (Fsp3) is 0.391. The molecule has 172 valence electrons. The van der Waals surface area contributed by atoms with Crippen molar-refractivity contribution < 1.29 is 28.5 Å². The van der Waals surface area contributed by atoms with E-state index < -0.39 is 0 Å². The van der Waals surface area contributed by atoms with E-state index in [1.807, 2.05) is 24.3 Å². The van der Waals surface area contributed by atoms with Crippen LogP contribution in [0.1, 0.15) is 10.4 Å². The minimum absolute atomic E-state index is 0.123. The number of likely N-dealkylation sites (N-methyl/N-ethyl adjacent to an activating group) is 1. The molecule has 0 saturated carbocycles. The SMILES string of the molecule is COc1cc(OC)c(C(=O)N(C)CC(=O)Nc2ccc(N3CCOCC3)cc2)cc1OC. The smallest absolute Gasteiger partial charge is 0.257 e. The Kier molecular flexibility index (Phi) is 7.77. The van der Waals surface area contributed by atoms with Crippen LogP contribution in [-0.4, -0.2) is 77.9 Å². The lowest BCUT2D eigenvalue weighted by Crippen LogP contribution is -2.36. The summed E-state index contributed by atoms with van der Waals surface area (Å²) in [6, 6.07) is 10.7. The number of amides is 2. The summed E-state index contributed by atoms with van der Waals surface area (Å²) in [5.41, 5.74) is 2.02. The Labute approximate surface area is 187 Å². The highest BCUT2D eigenvalue weighted by Crippen LogP contribution is 2.35. The van der Waals surface area contributed by atoms with Crippen LogP contribution in [0.5, 0.6) is 17.2 Å². The van der Waals surface area contributed by atoms with E-state index in [1.54, 1.807) is 19.2 Å². The van der Waals surface area contributed by atoms with E-state index in [4.69, 9.17) is 18.9 Å². The van der Waals surface area contributed by atoms with Crippen molar-refractivity contribution in [2.24, 2.45) is 0 Å². The summed E-state index contributed by atoms with van der Waals surface area (Å²) in [6.45, 7) is 2.99. The standard InChI is InChI=1S/C23H29N3O6/c1-25(23(28)18-13-20(30-3)21(31-4)14-19(18)29-2)15-22(27)24-16-5-7-17(8-6-16)26-9-11-32-12-10-26/h5-8,13-14H,9-12,15H2,1-4H3,(H,24,27). The van der Waals surface area contributed by atoms with E-state index >= 15 is 0 Å². The van der Waals surface area contributed by atoms with Gasteiger partial charge in [0.15, 0.2) is 11.5 Å². The summed E-state index contributed by atoms with van der Waals surface area (Å²) in [5.74, 6) is 0.496. The molecule has 3 rings (SSSR count). The number of carbonyl (C=O) groups is 2. The molecule has 0 aromatic heterocycles. The molecule has 1 saturated heterocycles. The van der Waals surface area contributed by atoms with E-state index in [1.165, 1.54) is 26.2 Å². The van der Waals surface area contributed by atoms with Crippen LogP contribution >= 0.6 is 0 Å². The normalized spacial score (nSPS) is 13.3. The lowest BCUT2D eigenvalue weighted by molar-refractivity contribution is -0.116. The zero-order chi connectivity index (χ0) is 23.1. The van der Waals surface area contributed by atoms with Crippen LogP contribution < -0.4 is 24.4 Å². The minimum Gasteiger partial charge on any atom is -0.496 e. The monoisotopic (exact) mass is 443 g/mol. The van der Waals surface area contributed by atoms with Gasteiger partial charge in [-0.15, -0.1) is 0 Å². The first kappa shape index (κ1) is 23.2. The molecule has 1 fully saturated rings. The third-order valence-electron chi connectivity index (χ3n) is 5.19. The van der Waals surface area contributed by atoms with Crippen LogP contribution in [0.4, 0.5) is 11.4 Å². The van der Waals surface area contributed by atoms with Crippen LogP contribution in [0.15, 0.2) is 36.4 Å². The summed E-state index contributed by atoms with van der Waals surface area (Å²) < 4.78 is 21.2. The highest BCUT2D eigenvalue weighted by molar-refractivity contribution is 6.01. The topological polar surface area (TPSA) is 89.6 Å². The largest absolute Gasteiger partial charge is 0.496 e. The van der Waals surface area contributed by atoms with Crippen molar-refractivity contribution in [1.82, 2.24) is 4.90 Å². The molecule has 1 heterocycles. The lowest BCUT2D eigenvalue weighted by atomic mass is 10.1. The van der Waals surface area contributed by atoms with Crippen molar-refractivity contribution in [3.05, 3.63) is 42.0 Å². The summed E-state index contributed by atoms with van der Waals surface area (Å²) in [6.07, 6.45) is 0. The number of hydrogen-bond acceptors (Lipinski definition) is 7. The Bertz CT molecular complexity index is 941. The van der Waals surface area contributed by atoms with Gasteiger partial charge in [-0.3, -0.25) is 9.59 Å². The maximum atomic E-state index is 13.0. The first-order valence-electron chi connectivity index (χ1n) is 10.2. The Morgan fingerprint density at radius 2 is 1.56 bits per heavy atom.